The molecule has 0 aromatic carbocycles. The lowest BCUT2D eigenvalue weighted by Gasteiger charge is -2.11. The number of nitrogens with one attached hydrogen (secondary N) is 2. The Labute approximate surface area is 146 Å². The molecule has 2 N–H and O–H groups in total. The molecule has 0 bridgehead atoms. The van der Waals surface area contributed by atoms with Crippen LogP contribution in [-0.4, -0.2) is 30.6 Å². The van der Waals surface area contributed by atoms with Crippen LogP contribution in [0.1, 0.15) is 38.4 Å². The van der Waals surface area contributed by atoms with E-state index in [0.717, 1.165) is 44.1 Å². The minimum atomic E-state index is 0. The van der Waals surface area contributed by atoms with Crippen LogP contribution in [0.2, 0.25) is 0 Å². The van der Waals surface area contributed by atoms with Gasteiger partial charge in [-0.3, -0.25) is 9.98 Å². The lowest BCUT2D eigenvalue weighted by Crippen LogP contribution is -2.38. The fourth-order valence-electron chi connectivity index (χ4n) is 1.75. The second-order valence-corrected chi connectivity index (χ2v) is 5.43. The van der Waals surface area contributed by atoms with Gasteiger partial charge in [-0.15, -0.1) is 24.0 Å². The molecular formula is C16H29IN4. The third-order valence-electron chi connectivity index (χ3n) is 3.00. The molecule has 0 aliphatic heterocycles. The Morgan fingerprint density at radius 2 is 2.05 bits per heavy atom. The predicted octanol–water partition coefficient (Wildman–Crippen LogP) is 3.15. The van der Waals surface area contributed by atoms with Gasteiger partial charge in [0.2, 0.25) is 0 Å². The molecule has 0 radical (unpaired) electrons. The smallest absolute Gasteiger partial charge is 0.191 e. The van der Waals surface area contributed by atoms with Crippen LogP contribution >= 0.6 is 24.0 Å². The van der Waals surface area contributed by atoms with Crippen LogP contribution in [0.4, 0.5) is 0 Å². The van der Waals surface area contributed by atoms with Gasteiger partial charge in [0.05, 0.1) is 0 Å². The van der Waals surface area contributed by atoms with E-state index in [9.17, 15) is 0 Å². The number of guanidine groups is 1. The summed E-state index contributed by atoms with van der Waals surface area (Å²) < 4.78 is 0. The normalized spacial score (nSPS) is 11.2. The van der Waals surface area contributed by atoms with Crippen LogP contribution in [0.15, 0.2) is 23.3 Å². The summed E-state index contributed by atoms with van der Waals surface area (Å²) in [6, 6.07) is 4.18. The number of halogens is 1. The number of aliphatic imine (C=N–C) groups is 1. The van der Waals surface area contributed by atoms with Gasteiger partial charge in [0.1, 0.15) is 0 Å². The lowest BCUT2D eigenvalue weighted by molar-refractivity contribution is 0.594. The molecule has 120 valence electrons. The molecule has 0 spiro atoms. The molecule has 0 fully saturated rings. The summed E-state index contributed by atoms with van der Waals surface area (Å²) in [5.74, 6) is 1.61. The number of aromatic nitrogens is 1. The van der Waals surface area contributed by atoms with Gasteiger partial charge in [-0.05, 0) is 44.2 Å². The van der Waals surface area contributed by atoms with Crippen molar-refractivity contribution in [2.24, 2.45) is 10.9 Å². The molecule has 0 unspecified atom stereocenters. The molecule has 0 saturated heterocycles. The highest BCUT2D eigenvalue weighted by Gasteiger charge is 1.99. The topological polar surface area (TPSA) is 49.3 Å². The fraction of sp³-hybridized carbons (Fsp3) is 0.625. The molecule has 0 amide bonds. The number of aryl methyl sites for hydroxylation is 1. The predicted molar refractivity (Wildman–Crippen MR) is 102 cm³/mol. The Morgan fingerprint density at radius 3 is 2.62 bits per heavy atom. The van der Waals surface area contributed by atoms with Gasteiger partial charge in [-0.25, -0.2) is 0 Å². The average Bonchev–Trinajstić information content (AvgIpc) is 2.40. The molecule has 0 saturated carbocycles. The third-order valence-corrected chi connectivity index (χ3v) is 3.00. The highest BCUT2D eigenvalue weighted by molar-refractivity contribution is 14.0. The Morgan fingerprint density at radius 1 is 1.29 bits per heavy atom. The monoisotopic (exact) mass is 404 g/mol. The first-order valence-corrected chi connectivity index (χ1v) is 7.55. The third kappa shape index (κ3) is 9.66. The summed E-state index contributed by atoms with van der Waals surface area (Å²) in [4.78, 5) is 8.89. The van der Waals surface area contributed by atoms with E-state index in [-0.39, 0.29) is 24.0 Å². The minimum Gasteiger partial charge on any atom is -0.357 e. The van der Waals surface area contributed by atoms with E-state index in [1.54, 1.807) is 0 Å². The molecular weight excluding hydrogens is 375 g/mol. The average molecular weight is 404 g/mol. The number of hydrogen-bond donors (Lipinski definition) is 2. The van der Waals surface area contributed by atoms with Crippen LogP contribution in [0, 0.1) is 12.8 Å². The molecule has 1 aromatic rings. The van der Waals surface area contributed by atoms with Gasteiger partial charge in [-0.1, -0.05) is 19.9 Å². The van der Waals surface area contributed by atoms with Gasteiger partial charge in [0, 0.05) is 31.5 Å². The maximum atomic E-state index is 4.58. The largest absolute Gasteiger partial charge is 0.357 e. The van der Waals surface area contributed by atoms with Crippen molar-refractivity contribution in [3.05, 3.63) is 29.6 Å². The van der Waals surface area contributed by atoms with Crippen LogP contribution in [-0.2, 0) is 6.42 Å². The minimum absolute atomic E-state index is 0. The van der Waals surface area contributed by atoms with Gasteiger partial charge in [0.25, 0.3) is 0 Å². The highest BCUT2D eigenvalue weighted by atomic mass is 127. The van der Waals surface area contributed by atoms with E-state index in [0.29, 0.717) is 5.92 Å². The van der Waals surface area contributed by atoms with Gasteiger partial charge in [-0.2, -0.15) is 0 Å². The zero-order valence-corrected chi connectivity index (χ0v) is 16.0. The zero-order chi connectivity index (χ0) is 14.8. The Hall–Kier alpha value is -0.850. The van der Waals surface area contributed by atoms with E-state index in [1.165, 1.54) is 5.56 Å². The summed E-state index contributed by atoms with van der Waals surface area (Å²) in [7, 11) is 0. The number of nitrogens with zero attached hydrogens (tertiary/aromatic N) is 2. The second-order valence-electron chi connectivity index (χ2n) is 5.43. The van der Waals surface area contributed by atoms with Crippen molar-refractivity contribution < 1.29 is 0 Å². The van der Waals surface area contributed by atoms with Crippen LogP contribution < -0.4 is 10.6 Å². The summed E-state index contributed by atoms with van der Waals surface area (Å²) in [5.41, 5.74) is 2.31. The molecule has 1 rings (SSSR count). The molecule has 0 aliphatic rings. The second kappa shape index (κ2) is 11.8. The summed E-state index contributed by atoms with van der Waals surface area (Å²) in [5, 5.41) is 6.64. The Kier molecular flexibility index (Phi) is 11.3. The lowest BCUT2D eigenvalue weighted by atomic mass is 10.1. The fourth-order valence-corrected chi connectivity index (χ4v) is 1.75. The van der Waals surface area contributed by atoms with Crippen molar-refractivity contribution in [1.82, 2.24) is 15.6 Å². The molecule has 5 heteroatoms. The number of hydrogen-bond acceptors (Lipinski definition) is 2. The standard InChI is InChI=1S/C16H28N4.HI/c1-5-17-16(18-10-8-13(2)3)19-11-9-15-7-6-14(4)20-12-15;/h6-7,12-13H,5,8-11H2,1-4H3,(H2,17,18,19);1H. The quantitative estimate of drug-likeness (QED) is 0.417. The molecule has 0 aliphatic carbocycles. The summed E-state index contributed by atoms with van der Waals surface area (Å²) in [6.45, 7) is 11.2. The van der Waals surface area contributed by atoms with Crippen LogP contribution in [0.5, 0.6) is 0 Å². The van der Waals surface area contributed by atoms with Crippen molar-refractivity contribution >= 4 is 29.9 Å². The van der Waals surface area contributed by atoms with Gasteiger partial charge in [0.15, 0.2) is 5.96 Å². The molecule has 0 atom stereocenters. The van der Waals surface area contributed by atoms with Crippen LogP contribution in [0.25, 0.3) is 0 Å². The maximum Gasteiger partial charge on any atom is 0.191 e. The van der Waals surface area contributed by atoms with Crippen molar-refractivity contribution in [2.45, 2.75) is 40.5 Å². The molecule has 4 nitrogen and oxygen atoms in total. The maximum absolute atomic E-state index is 4.58. The Bertz CT molecular complexity index is 401. The van der Waals surface area contributed by atoms with E-state index < -0.39 is 0 Å². The molecule has 1 heterocycles. The number of pyridine rings is 1. The first kappa shape index (κ1) is 20.1. The van der Waals surface area contributed by atoms with Crippen molar-refractivity contribution in [3.63, 3.8) is 0 Å². The first-order chi connectivity index (χ1) is 9.61. The van der Waals surface area contributed by atoms with Crippen molar-refractivity contribution in [2.75, 3.05) is 19.6 Å². The van der Waals surface area contributed by atoms with Crippen LogP contribution in [0.3, 0.4) is 0 Å². The van der Waals surface area contributed by atoms with E-state index in [1.807, 2.05) is 13.1 Å². The Balaban J connectivity index is 0.00000400. The van der Waals surface area contributed by atoms with E-state index in [4.69, 9.17) is 0 Å². The summed E-state index contributed by atoms with van der Waals surface area (Å²) >= 11 is 0. The number of rotatable bonds is 7. The van der Waals surface area contributed by atoms with Crippen molar-refractivity contribution in [3.8, 4) is 0 Å². The SMILES string of the molecule is CCNC(=NCCC(C)C)NCCc1ccc(C)nc1.I. The molecule has 21 heavy (non-hydrogen) atoms. The van der Waals surface area contributed by atoms with Gasteiger partial charge < -0.3 is 10.6 Å². The van der Waals surface area contributed by atoms with Crippen molar-refractivity contribution in [1.29, 1.82) is 0 Å². The molecule has 1 aromatic heterocycles. The first-order valence-electron chi connectivity index (χ1n) is 7.55. The highest BCUT2D eigenvalue weighted by Crippen LogP contribution is 2.00. The van der Waals surface area contributed by atoms with Gasteiger partial charge >= 0.3 is 0 Å². The zero-order valence-electron chi connectivity index (χ0n) is 13.6. The van der Waals surface area contributed by atoms with E-state index >= 15 is 0 Å². The van der Waals surface area contributed by atoms with E-state index in [2.05, 4.69) is 53.5 Å². The summed E-state index contributed by atoms with van der Waals surface area (Å²) in [6.07, 6.45) is 4.03.